The Bertz CT molecular complexity index is 689. The van der Waals surface area contributed by atoms with Gasteiger partial charge < -0.3 is 0 Å². The van der Waals surface area contributed by atoms with Crippen LogP contribution in [0, 0.1) is 6.92 Å². The molecule has 0 aromatic heterocycles. The molecule has 20 heavy (non-hydrogen) atoms. The second kappa shape index (κ2) is 6.13. The molecule has 0 aliphatic rings. The van der Waals surface area contributed by atoms with E-state index < -0.39 is 0 Å². The largest absolute Gasteiger partial charge is 0.288 e. The van der Waals surface area contributed by atoms with E-state index >= 15 is 0 Å². The minimum Gasteiger partial charge on any atom is -0.288 e. The number of halogens is 5. The summed E-state index contributed by atoms with van der Waals surface area (Å²) < 4.78 is 0. The molecule has 0 N–H and O–H groups in total. The number of carbonyl (C=O) groups is 1. The van der Waals surface area contributed by atoms with Gasteiger partial charge in [-0.05, 0) is 36.8 Å². The number of aryl methyl sites for hydroxylation is 1. The predicted molar refractivity (Wildman–Crippen MR) is 86.1 cm³/mol. The Morgan fingerprint density at radius 3 is 1.95 bits per heavy atom. The van der Waals surface area contributed by atoms with Gasteiger partial charge in [0.15, 0.2) is 5.78 Å². The van der Waals surface area contributed by atoms with Gasteiger partial charge in [-0.3, -0.25) is 4.79 Å². The second-order valence-corrected chi connectivity index (χ2v) is 6.20. The van der Waals surface area contributed by atoms with Crippen LogP contribution in [0.2, 0.25) is 25.1 Å². The van der Waals surface area contributed by atoms with Gasteiger partial charge in [-0.25, -0.2) is 0 Å². The number of ketones is 1. The van der Waals surface area contributed by atoms with Gasteiger partial charge in [0.05, 0.1) is 20.6 Å². The van der Waals surface area contributed by atoms with Gasteiger partial charge in [0.25, 0.3) is 0 Å². The maximum Gasteiger partial charge on any atom is 0.196 e. The lowest BCUT2D eigenvalue weighted by Crippen LogP contribution is -2.04. The molecular formula is C14H7Cl5O. The van der Waals surface area contributed by atoms with Crippen molar-refractivity contribution in [3.05, 3.63) is 66.1 Å². The van der Waals surface area contributed by atoms with Crippen molar-refractivity contribution >= 4 is 63.8 Å². The summed E-state index contributed by atoms with van der Waals surface area (Å²) in [6.45, 7) is 1.75. The van der Waals surface area contributed by atoms with Crippen LogP contribution in [-0.2, 0) is 0 Å². The van der Waals surface area contributed by atoms with E-state index in [0.717, 1.165) is 0 Å². The average molecular weight is 368 g/mol. The fraction of sp³-hybridized carbons (Fsp3) is 0.0714. The van der Waals surface area contributed by atoms with Gasteiger partial charge >= 0.3 is 0 Å². The molecule has 0 aliphatic carbocycles. The number of hydrogen-bond acceptors (Lipinski definition) is 1. The first-order chi connectivity index (χ1) is 9.31. The molecule has 0 bridgehead atoms. The first-order valence-electron chi connectivity index (χ1n) is 5.46. The highest BCUT2D eigenvalue weighted by atomic mass is 35.5. The van der Waals surface area contributed by atoms with Gasteiger partial charge in [-0.2, -0.15) is 0 Å². The van der Waals surface area contributed by atoms with Gasteiger partial charge in [0, 0.05) is 15.6 Å². The average Bonchev–Trinajstić information content (AvgIpc) is 2.34. The SMILES string of the molecule is Cc1cc(Cl)c(C(=O)c2cc(Cl)cc(Cl)c2)c(Cl)c1Cl. The molecule has 0 heterocycles. The van der Waals surface area contributed by atoms with E-state index in [4.69, 9.17) is 58.0 Å². The Morgan fingerprint density at radius 2 is 1.40 bits per heavy atom. The first-order valence-corrected chi connectivity index (χ1v) is 7.35. The highest BCUT2D eigenvalue weighted by molar-refractivity contribution is 6.47. The summed E-state index contributed by atoms with van der Waals surface area (Å²) in [6.07, 6.45) is 0. The lowest BCUT2D eigenvalue weighted by Gasteiger charge is -2.10. The quantitative estimate of drug-likeness (QED) is 0.437. The summed E-state index contributed by atoms with van der Waals surface area (Å²) in [5.74, 6) is -0.383. The molecule has 1 nitrogen and oxygen atoms in total. The van der Waals surface area contributed by atoms with Crippen LogP contribution in [0.5, 0.6) is 0 Å². The van der Waals surface area contributed by atoms with Crippen molar-refractivity contribution in [1.29, 1.82) is 0 Å². The van der Waals surface area contributed by atoms with E-state index in [9.17, 15) is 4.79 Å². The molecule has 0 amide bonds. The van der Waals surface area contributed by atoms with Crippen LogP contribution >= 0.6 is 58.0 Å². The molecule has 6 heteroatoms. The Balaban J connectivity index is 2.62. The molecule has 104 valence electrons. The van der Waals surface area contributed by atoms with Crippen molar-refractivity contribution in [1.82, 2.24) is 0 Å². The number of rotatable bonds is 2. The molecule has 0 radical (unpaired) electrons. The van der Waals surface area contributed by atoms with E-state index in [-0.39, 0.29) is 21.4 Å². The number of benzene rings is 2. The highest BCUT2D eigenvalue weighted by Gasteiger charge is 2.21. The molecule has 0 saturated heterocycles. The second-order valence-electron chi connectivity index (χ2n) is 4.17. The molecule has 0 aliphatic heterocycles. The van der Waals surface area contributed by atoms with Crippen molar-refractivity contribution in [3.8, 4) is 0 Å². The zero-order chi connectivity index (χ0) is 15.0. The van der Waals surface area contributed by atoms with Crippen LogP contribution in [0.1, 0.15) is 21.5 Å². The molecule has 0 spiro atoms. The summed E-state index contributed by atoms with van der Waals surface area (Å²) in [6, 6.07) is 6.12. The third-order valence-corrected chi connectivity index (χ3v) is 4.39. The van der Waals surface area contributed by atoms with Crippen LogP contribution in [-0.4, -0.2) is 5.78 Å². The molecule has 2 aromatic carbocycles. The minimum atomic E-state index is -0.383. The third kappa shape index (κ3) is 3.08. The first kappa shape index (κ1) is 15.9. The van der Waals surface area contributed by atoms with Crippen molar-refractivity contribution in [2.24, 2.45) is 0 Å². The van der Waals surface area contributed by atoms with Crippen LogP contribution in [0.25, 0.3) is 0 Å². The normalized spacial score (nSPS) is 10.7. The Labute approximate surface area is 141 Å². The van der Waals surface area contributed by atoms with Crippen LogP contribution in [0.3, 0.4) is 0 Å². The van der Waals surface area contributed by atoms with Crippen LogP contribution < -0.4 is 0 Å². The van der Waals surface area contributed by atoms with E-state index in [0.29, 0.717) is 26.2 Å². The maximum atomic E-state index is 12.5. The van der Waals surface area contributed by atoms with Crippen molar-refractivity contribution in [2.45, 2.75) is 6.92 Å². The maximum absolute atomic E-state index is 12.5. The fourth-order valence-electron chi connectivity index (χ4n) is 1.75. The van der Waals surface area contributed by atoms with Gasteiger partial charge in [0.2, 0.25) is 0 Å². The Kier molecular flexibility index (Phi) is 4.88. The molecule has 0 saturated carbocycles. The summed E-state index contributed by atoms with van der Waals surface area (Å²) >= 11 is 30.1. The molecular weight excluding hydrogens is 361 g/mol. The Morgan fingerprint density at radius 1 is 0.850 bits per heavy atom. The van der Waals surface area contributed by atoms with Crippen molar-refractivity contribution in [3.63, 3.8) is 0 Å². The van der Waals surface area contributed by atoms with Gasteiger partial charge in [-0.1, -0.05) is 58.0 Å². The molecule has 0 fully saturated rings. The van der Waals surface area contributed by atoms with Crippen LogP contribution in [0.15, 0.2) is 24.3 Å². The monoisotopic (exact) mass is 366 g/mol. The van der Waals surface area contributed by atoms with Gasteiger partial charge in [0.1, 0.15) is 0 Å². The zero-order valence-electron chi connectivity index (χ0n) is 10.1. The lowest BCUT2D eigenvalue weighted by molar-refractivity contribution is 0.103. The fourth-order valence-corrected chi connectivity index (χ4v) is 3.15. The standard InChI is InChI=1S/C14H7Cl5O/c1-6-2-10(17)11(13(19)12(6)18)14(20)7-3-8(15)5-9(16)4-7/h2-5H,1H3. The number of hydrogen-bond donors (Lipinski definition) is 0. The third-order valence-electron chi connectivity index (χ3n) is 2.69. The highest BCUT2D eigenvalue weighted by Crippen LogP contribution is 2.36. The smallest absolute Gasteiger partial charge is 0.196 e. The van der Waals surface area contributed by atoms with E-state index in [2.05, 4.69) is 0 Å². The summed E-state index contributed by atoms with van der Waals surface area (Å²) in [7, 11) is 0. The van der Waals surface area contributed by atoms with Gasteiger partial charge in [-0.15, -0.1) is 0 Å². The zero-order valence-corrected chi connectivity index (χ0v) is 13.9. The van der Waals surface area contributed by atoms with E-state index in [1.54, 1.807) is 13.0 Å². The van der Waals surface area contributed by atoms with Crippen molar-refractivity contribution in [2.75, 3.05) is 0 Å². The molecule has 2 rings (SSSR count). The van der Waals surface area contributed by atoms with E-state index in [1.807, 2.05) is 0 Å². The van der Waals surface area contributed by atoms with Crippen molar-refractivity contribution < 1.29 is 4.79 Å². The summed E-state index contributed by atoms with van der Waals surface area (Å²) in [5, 5.41) is 1.36. The van der Waals surface area contributed by atoms with E-state index in [1.165, 1.54) is 18.2 Å². The molecule has 0 unspecified atom stereocenters. The summed E-state index contributed by atoms with van der Waals surface area (Å²) in [4.78, 5) is 12.5. The molecule has 2 aromatic rings. The minimum absolute atomic E-state index is 0.123. The van der Waals surface area contributed by atoms with Crippen LogP contribution in [0.4, 0.5) is 0 Å². The topological polar surface area (TPSA) is 17.1 Å². The lowest BCUT2D eigenvalue weighted by atomic mass is 10.0. The summed E-state index contributed by atoms with van der Waals surface area (Å²) in [5.41, 5.74) is 1.14. The Hall–Kier alpha value is -0.440. The predicted octanol–water partition coefficient (Wildman–Crippen LogP) is 6.49. The molecule has 0 atom stereocenters. The number of carbonyl (C=O) groups excluding carboxylic acids is 1.